The van der Waals surface area contributed by atoms with Crippen LogP contribution in [0.4, 0.5) is 15.0 Å². The molecule has 0 bridgehead atoms. The lowest BCUT2D eigenvalue weighted by molar-refractivity contribution is 0.0205. The largest absolute Gasteiger partial charge is 0.444 e. The van der Waals surface area contributed by atoms with E-state index in [9.17, 15) is 9.18 Å². The van der Waals surface area contributed by atoms with Crippen molar-refractivity contribution >= 4 is 43.8 Å². The molecule has 2 N–H and O–H groups in total. The molecule has 1 amide bonds. The molecule has 28 heavy (non-hydrogen) atoms. The average Bonchev–Trinajstić information content (AvgIpc) is 2.94. The molecule has 9 heteroatoms. The molecule has 0 aliphatic carbocycles. The lowest BCUT2D eigenvalue weighted by atomic mass is 9.91. The Morgan fingerprint density at radius 2 is 1.82 bits per heavy atom. The van der Waals surface area contributed by atoms with Gasteiger partial charge in [0.15, 0.2) is 0 Å². The van der Waals surface area contributed by atoms with Crippen LogP contribution < -0.4 is 5.73 Å². The minimum Gasteiger partial charge on any atom is -0.444 e. The topological polar surface area (TPSA) is 73.4 Å². The highest BCUT2D eigenvalue weighted by atomic mass is 79.9. The molecule has 1 aromatic heterocycles. The number of halogens is 3. The van der Waals surface area contributed by atoms with Crippen LogP contribution in [0.15, 0.2) is 27.3 Å². The van der Waals surface area contributed by atoms with Gasteiger partial charge in [-0.3, -0.25) is 0 Å². The lowest BCUT2D eigenvalue weighted by Crippen LogP contribution is -2.41. The molecule has 1 saturated heterocycles. The van der Waals surface area contributed by atoms with Crippen molar-refractivity contribution in [1.82, 2.24) is 14.7 Å². The Kier molecular flexibility index (Phi) is 6.05. The van der Waals surface area contributed by atoms with Crippen molar-refractivity contribution in [1.29, 1.82) is 0 Å². The Bertz CT molecular complexity index is 864. The van der Waals surface area contributed by atoms with Crippen LogP contribution in [0.2, 0.25) is 0 Å². The fraction of sp³-hybridized carbons (Fsp3) is 0.474. The van der Waals surface area contributed by atoms with E-state index in [4.69, 9.17) is 10.5 Å². The Morgan fingerprint density at radius 1 is 1.25 bits per heavy atom. The third kappa shape index (κ3) is 4.51. The van der Waals surface area contributed by atoms with Crippen molar-refractivity contribution < 1.29 is 13.9 Å². The van der Waals surface area contributed by atoms with Gasteiger partial charge in [0.05, 0.1) is 11.9 Å². The van der Waals surface area contributed by atoms with Gasteiger partial charge in [-0.2, -0.15) is 5.10 Å². The van der Waals surface area contributed by atoms with Gasteiger partial charge in [0.25, 0.3) is 0 Å². The number of nitrogens with zero attached hydrogens (tertiary/aromatic N) is 3. The standard InChI is InChI=1S/C19H23Br2FN4O2/c1-19(2,3)28-18(27)25-6-4-11(5-7-25)13-10-24-26(17(13)23)16-14(20)8-12(22)9-15(16)21/h8-11H,4-7,23H2,1-3H3. The number of carbonyl (C=O) groups excluding carboxylic acids is 1. The molecule has 1 fully saturated rings. The average molecular weight is 518 g/mol. The maximum Gasteiger partial charge on any atom is 0.410 e. The zero-order valence-corrected chi connectivity index (χ0v) is 19.2. The summed E-state index contributed by atoms with van der Waals surface area (Å²) < 4.78 is 21.7. The van der Waals surface area contributed by atoms with Gasteiger partial charge in [0.2, 0.25) is 0 Å². The van der Waals surface area contributed by atoms with E-state index in [1.165, 1.54) is 12.1 Å². The zero-order valence-electron chi connectivity index (χ0n) is 16.0. The van der Waals surface area contributed by atoms with Gasteiger partial charge in [0.1, 0.15) is 17.2 Å². The maximum atomic E-state index is 13.6. The summed E-state index contributed by atoms with van der Waals surface area (Å²) in [6.45, 7) is 6.79. The van der Waals surface area contributed by atoms with E-state index in [1.807, 2.05) is 20.8 Å². The fourth-order valence-corrected chi connectivity index (χ4v) is 4.77. The number of nitrogens with two attached hydrogens (primary N) is 1. The Balaban J connectivity index is 1.75. The van der Waals surface area contributed by atoms with Gasteiger partial charge in [-0.1, -0.05) is 0 Å². The molecular weight excluding hydrogens is 495 g/mol. The number of ether oxygens (including phenoxy) is 1. The summed E-state index contributed by atoms with van der Waals surface area (Å²) >= 11 is 6.75. The summed E-state index contributed by atoms with van der Waals surface area (Å²) in [5.41, 5.74) is 7.46. The van der Waals surface area contributed by atoms with Crippen LogP contribution in [0.5, 0.6) is 0 Å². The number of nitrogen functional groups attached to an aromatic ring is 1. The van der Waals surface area contributed by atoms with E-state index < -0.39 is 5.60 Å². The summed E-state index contributed by atoms with van der Waals surface area (Å²) in [5, 5.41) is 4.42. The van der Waals surface area contributed by atoms with Gasteiger partial charge >= 0.3 is 6.09 Å². The van der Waals surface area contributed by atoms with Crippen LogP contribution in [-0.4, -0.2) is 39.5 Å². The minimum atomic E-state index is -0.505. The number of benzene rings is 1. The van der Waals surface area contributed by atoms with E-state index in [1.54, 1.807) is 15.8 Å². The van der Waals surface area contributed by atoms with E-state index in [-0.39, 0.29) is 17.8 Å². The third-order valence-corrected chi connectivity index (χ3v) is 5.83. The fourth-order valence-electron chi connectivity index (χ4n) is 3.30. The number of piperidine rings is 1. The van der Waals surface area contributed by atoms with Crippen molar-refractivity contribution in [3.63, 3.8) is 0 Å². The number of amides is 1. The Labute approximate surface area is 180 Å². The van der Waals surface area contributed by atoms with Crippen molar-refractivity contribution in [2.45, 2.75) is 45.1 Å². The monoisotopic (exact) mass is 516 g/mol. The molecule has 152 valence electrons. The summed E-state index contributed by atoms with van der Waals surface area (Å²) in [7, 11) is 0. The molecule has 0 saturated carbocycles. The van der Waals surface area contributed by atoms with Crippen LogP contribution in [0.3, 0.4) is 0 Å². The third-order valence-electron chi connectivity index (χ3n) is 4.62. The van der Waals surface area contributed by atoms with E-state index >= 15 is 0 Å². The predicted octanol–water partition coefficient (Wildman–Crippen LogP) is 5.23. The zero-order chi connectivity index (χ0) is 20.6. The molecule has 0 spiro atoms. The predicted molar refractivity (Wildman–Crippen MR) is 113 cm³/mol. The first-order chi connectivity index (χ1) is 13.1. The van der Waals surface area contributed by atoms with Crippen LogP contribution in [0.1, 0.15) is 45.1 Å². The Hall–Kier alpha value is -1.61. The number of hydrogen-bond acceptors (Lipinski definition) is 4. The highest BCUT2D eigenvalue weighted by Crippen LogP contribution is 2.36. The van der Waals surface area contributed by atoms with E-state index in [2.05, 4.69) is 37.0 Å². The van der Waals surface area contributed by atoms with Crippen molar-refractivity contribution in [2.75, 3.05) is 18.8 Å². The first kappa shape index (κ1) is 21.1. The summed E-state index contributed by atoms with van der Waals surface area (Å²) in [4.78, 5) is 14.0. The molecule has 6 nitrogen and oxygen atoms in total. The van der Waals surface area contributed by atoms with Crippen molar-refractivity contribution in [3.8, 4) is 5.69 Å². The highest BCUT2D eigenvalue weighted by molar-refractivity contribution is 9.11. The molecule has 0 radical (unpaired) electrons. The second-order valence-electron chi connectivity index (χ2n) is 7.86. The SMILES string of the molecule is CC(C)(C)OC(=O)N1CCC(c2cnn(-c3c(Br)cc(F)cc3Br)c2N)CC1. The number of rotatable bonds is 2. The number of likely N-dealkylation sites (tertiary alicyclic amines) is 1. The summed E-state index contributed by atoms with van der Waals surface area (Å²) in [6, 6.07) is 2.75. The van der Waals surface area contributed by atoms with Crippen LogP contribution in [0, 0.1) is 5.82 Å². The van der Waals surface area contributed by atoms with Crippen LogP contribution in [-0.2, 0) is 4.74 Å². The number of hydrogen-bond donors (Lipinski definition) is 1. The van der Waals surface area contributed by atoms with Crippen molar-refractivity contribution in [2.24, 2.45) is 0 Å². The van der Waals surface area contributed by atoms with E-state index in [0.29, 0.717) is 33.5 Å². The summed E-state index contributed by atoms with van der Waals surface area (Å²) in [6.07, 6.45) is 3.03. The summed E-state index contributed by atoms with van der Waals surface area (Å²) in [5.74, 6) is 0.358. The first-order valence-electron chi connectivity index (χ1n) is 9.03. The van der Waals surface area contributed by atoms with Gasteiger partial charge in [0, 0.05) is 27.6 Å². The molecule has 2 aromatic rings. The van der Waals surface area contributed by atoms with Crippen molar-refractivity contribution in [3.05, 3.63) is 38.7 Å². The van der Waals surface area contributed by atoms with Crippen LogP contribution in [0.25, 0.3) is 5.69 Å². The molecule has 0 unspecified atom stereocenters. The first-order valence-corrected chi connectivity index (χ1v) is 10.6. The second kappa shape index (κ2) is 8.02. The van der Waals surface area contributed by atoms with Gasteiger partial charge < -0.3 is 15.4 Å². The molecule has 2 heterocycles. The smallest absolute Gasteiger partial charge is 0.410 e. The lowest BCUT2D eigenvalue weighted by Gasteiger charge is -2.33. The minimum absolute atomic E-state index is 0.199. The van der Waals surface area contributed by atoms with E-state index in [0.717, 1.165) is 18.4 Å². The highest BCUT2D eigenvalue weighted by Gasteiger charge is 2.29. The maximum absolute atomic E-state index is 13.6. The molecule has 3 rings (SSSR count). The van der Waals surface area contributed by atoms with Gasteiger partial charge in [-0.15, -0.1) is 0 Å². The molecule has 1 aliphatic heterocycles. The van der Waals surface area contributed by atoms with Gasteiger partial charge in [-0.05, 0) is 83.5 Å². The number of carbonyl (C=O) groups is 1. The van der Waals surface area contributed by atoms with Crippen LogP contribution >= 0.6 is 31.9 Å². The second-order valence-corrected chi connectivity index (χ2v) is 9.57. The molecular formula is C19H23Br2FN4O2. The normalized spacial score (nSPS) is 15.7. The molecule has 1 aliphatic rings. The quantitative estimate of drug-likeness (QED) is 0.591. The Morgan fingerprint density at radius 3 is 2.36 bits per heavy atom. The molecule has 0 atom stereocenters. The number of aromatic nitrogens is 2. The molecule has 1 aromatic carbocycles. The number of anilines is 1. The van der Waals surface area contributed by atoms with Gasteiger partial charge in [-0.25, -0.2) is 13.9 Å².